The lowest BCUT2D eigenvalue weighted by molar-refractivity contribution is -0.214. The van der Waals surface area contributed by atoms with Gasteiger partial charge in [0.25, 0.3) is 5.92 Å². The van der Waals surface area contributed by atoms with Gasteiger partial charge in [-0.15, -0.1) is 0 Å². The minimum Gasteiger partial charge on any atom is -0.380 e. The Balaban J connectivity index is 2.18. The SMILES string of the molecule is CN1CC2COCC(C1)C2(F)F. The molecule has 0 saturated carbocycles. The van der Waals surface area contributed by atoms with E-state index in [4.69, 9.17) is 4.74 Å². The van der Waals surface area contributed by atoms with Crippen LogP contribution in [0, 0.1) is 11.8 Å². The average molecular weight is 177 g/mol. The van der Waals surface area contributed by atoms with Crippen LogP contribution in [0.4, 0.5) is 8.78 Å². The lowest BCUT2D eigenvalue weighted by Gasteiger charge is -2.45. The minimum atomic E-state index is -2.50. The van der Waals surface area contributed by atoms with E-state index in [2.05, 4.69) is 0 Å². The van der Waals surface area contributed by atoms with E-state index in [0.717, 1.165) is 0 Å². The van der Waals surface area contributed by atoms with Crippen molar-refractivity contribution >= 4 is 0 Å². The van der Waals surface area contributed by atoms with Gasteiger partial charge >= 0.3 is 0 Å². The highest BCUT2D eigenvalue weighted by Crippen LogP contribution is 2.40. The smallest absolute Gasteiger partial charge is 0.260 e. The topological polar surface area (TPSA) is 12.5 Å². The van der Waals surface area contributed by atoms with E-state index in [-0.39, 0.29) is 13.2 Å². The first-order chi connectivity index (χ1) is 5.60. The van der Waals surface area contributed by atoms with E-state index in [9.17, 15) is 8.78 Å². The van der Waals surface area contributed by atoms with Gasteiger partial charge in [0.05, 0.1) is 25.0 Å². The third-order valence-electron chi connectivity index (χ3n) is 2.79. The first kappa shape index (κ1) is 8.38. The van der Waals surface area contributed by atoms with Gasteiger partial charge in [0.2, 0.25) is 0 Å². The van der Waals surface area contributed by atoms with Crippen molar-refractivity contribution in [2.45, 2.75) is 5.92 Å². The van der Waals surface area contributed by atoms with Gasteiger partial charge in [-0.2, -0.15) is 0 Å². The molecule has 0 aliphatic carbocycles. The van der Waals surface area contributed by atoms with Crippen LogP contribution < -0.4 is 0 Å². The summed E-state index contributed by atoms with van der Waals surface area (Å²) in [6.07, 6.45) is 0. The van der Waals surface area contributed by atoms with Gasteiger partial charge in [-0.05, 0) is 7.05 Å². The monoisotopic (exact) mass is 177 g/mol. The maximum Gasteiger partial charge on any atom is 0.260 e. The summed E-state index contributed by atoms with van der Waals surface area (Å²) < 4.78 is 31.9. The van der Waals surface area contributed by atoms with Crippen LogP contribution in [0.25, 0.3) is 0 Å². The second-order valence-electron chi connectivity index (χ2n) is 3.83. The third-order valence-corrected chi connectivity index (χ3v) is 2.79. The highest BCUT2D eigenvalue weighted by molar-refractivity contribution is 4.94. The van der Waals surface area contributed by atoms with E-state index in [1.165, 1.54) is 0 Å². The van der Waals surface area contributed by atoms with Crippen LogP contribution in [0.15, 0.2) is 0 Å². The van der Waals surface area contributed by atoms with E-state index >= 15 is 0 Å². The second kappa shape index (κ2) is 2.64. The van der Waals surface area contributed by atoms with Crippen molar-refractivity contribution in [3.05, 3.63) is 0 Å². The predicted molar refractivity (Wildman–Crippen MR) is 40.2 cm³/mol. The highest BCUT2D eigenvalue weighted by atomic mass is 19.3. The number of fused-ring (bicyclic) bond motifs is 2. The van der Waals surface area contributed by atoms with Crippen molar-refractivity contribution < 1.29 is 13.5 Å². The quantitative estimate of drug-likeness (QED) is 0.543. The van der Waals surface area contributed by atoms with Crippen molar-refractivity contribution in [2.75, 3.05) is 33.4 Å². The van der Waals surface area contributed by atoms with Crippen LogP contribution in [0.1, 0.15) is 0 Å². The number of nitrogens with zero attached hydrogens (tertiary/aromatic N) is 1. The minimum absolute atomic E-state index is 0.216. The van der Waals surface area contributed by atoms with Gasteiger partial charge in [0.15, 0.2) is 0 Å². The molecule has 2 atom stereocenters. The highest BCUT2D eigenvalue weighted by Gasteiger charge is 2.53. The summed E-state index contributed by atoms with van der Waals surface area (Å²) >= 11 is 0. The van der Waals surface area contributed by atoms with Crippen LogP contribution >= 0.6 is 0 Å². The number of likely N-dealkylation sites (tertiary alicyclic amines) is 1. The van der Waals surface area contributed by atoms with E-state index in [0.29, 0.717) is 13.1 Å². The summed E-state index contributed by atoms with van der Waals surface area (Å²) in [6.45, 7) is 1.36. The van der Waals surface area contributed by atoms with Crippen molar-refractivity contribution in [3.63, 3.8) is 0 Å². The van der Waals surface area contributed by atoms with E-state index in [1.807, 2.05) is 11.9 Å². The first-order valence-corrected chi connectivity index (χ1v) is 4.25. The fraction of sp³-hybridized carbons (Fsp3) is 1.00. The number of piperidine rings is 1. The predicted octanol–water partition coefficient (Wildman–Crippen LogP) is 0.830. The molecule has 2 nitrogen and oxygen atoms in total. The Kier molecular flexibility index (Phi) is 1.84. The van der Waals surface area contributed by atoms with Crippen LogP contribution in [-0.4, -0.2) is 44.2 Å². The molecule has 2 saturated heterocycles. The molecule has 0 amide bonds. The number of hydrogen-bond donors (Lipinski definition) is 0. The zero-order valence-corrected chi connectivity index (χ0v) is 7.09. The van der Waals surface area contributed by atoms with Gasteiger partial charge in [0.1, 0.15) is 0 Å². The summed E-state index contributed by atoms with van der Waals surface area (Å²) in [5, 5.41) is 0. The maximum absolute atomic E-state index is 13.4. The molecule has 0 aromatic rings. The normalized spacial score (nSPS) is 41.2. The van der Waals surface area contributed by atoms with Crippen molar-refractivity contribution in [1.29, 1.82) is 0 Å². The van der Waals surface area contributed by atoms with Crippen molar-refractivity contribution in [3.8, 4) is 0 Å². The number of rotatable bonds is 0. The molecular weight excluding hydrogens is 164 g/mol. The molecular formula is C8H13F2NO. The van der Waals surface area contributed by atoms with Crippen LogP contribution in [0.5, 0.6) is 0 Å². The molecule has 0 aromatic carbocycles. The number of halogens is 2. The molecule has 0 radical (unpaired) electrons. The Hall–Kier alpha value is -0.220. The van der Waals surface area contributed by atoms with E-state index in [1.54, 1.807) is 0 Å². The average Bonchev–Trinajstić information content (AvgIpc) is 1.92. The first-order valence-electron chi connectivity index (χ1n) is 4.25. The Morgan fingerprint density at radius 2 is 1.75 bits per heavy atom. The molecule has 70 valence electrons. The Morgan fingerprint density at radius 1 is 1.25 bits per heavy atom. The van der Waals surface area contributed by atoms with Crippen molar-refractivity contribution in [1.82, 2.24) is 4.90 Å². The second-order valence-corrected chi connectivity index (χ2v) is 3.83. The molecule has 0 N–H and O–H groups in total. The van der Waals surface area contributed by atoms with Gasteiger partial charge in [-0.25, -0.2) is 8.78 Å². The molecule has 0 spiro atoms. The van der Waals surface area contributed by atoms with Crippen LogP contribution in [0.3, 0.4) is 0 Å². The zero-order chi connectivity index (χ0) is 8.77. The summed E-state index contributed by atoms with van der Waals surface area (Å²) in [5.74, 6) is -3.67. The van der Waals surface area contributed by atoms with Gasteiger partial charge in [-0.3, -0.25) is 0 Å². The summed E-state index contributed by atoms with van der Waals surface area (Å²) in [6, 6.07) is 0. The molecule has 2 rings (SSSR count). The Bertz CT molecular complexity index is 170. The molecule has 2 fully saturated rings. The molecule has 2 unspecified atom stereocenters. The standard InChI is InChI=1S/C8H13F2NO/c1-11-2-6-4-12-5-7(3-11)8(6,9)10/h6-7H,2-5H2,1H3. The van der Waals surface area contributed by atoms with Crippen LogP contribution in [0.2, 0.25) is 0 Å². The summed E-state index contributed by atoms with van der Waals surface area (Å²) in [5.41, 5.74) is 0. The summed E-state index contributed by atoms with van der Waals surface area (Å²) in [7, 11) is 1.89. The molecule has 0 aromatic heterocycles. The number of alkyl halides is 2. The number of ether oxygens (including phenoxy) is 1. The van der Waals surface area contributed by atoms with Crippen molar-refractivity contribution in [2.24, 2.45) is 11.8 Å². The molecule has 2 heterocycles. The summed E-state index contributed by atoms with van der Waals surface area (Å²) in [4.78, 5) is 1.97. The Morgan fingerprint density at radius 3 is 2.25 bits per heavy atom. The van der Waals surface area contributed by atoms with Crippen LogP contribution in [-0.2, 0) is 4.74 Å². The molecule has 2 aliphatic rings. The fourth-order valence-corrected chi connectivity index (χ4v) is 2.08. The Labute approximate surface area is 70.5 Å². The lowest BCUT2D eigenvalue weighted by Crippen LogP contribution is -2.58. The molecule has 2 bridgehead atoms. The largest absolute Gasteiger partial charge is 0.380 e. The lowest BCUT2D eigenvalue weighted by atomic mass is 9.84. The third kappa shape index (κ3) is 1.13. The maximum atomic E-state index is 13.4. The fourth-order valence-electron chi connectivity index (χ4n) is 2.08. The number of hydrogen-bond acceptors (Lipinski definition) is 2. The van der Waals surface area contributed by atoms with Gasteiger partial charge in [-0.1, -0.05) is 0 Å². The molecule has 4 heteroatoms. The molecule has 2 aliphatic heterocycles. The van der Waals surface area contributed by atoms with Gasteiger partial charge in [0, 0.05) is 13.1 Å². The zero-order valence-electron chi connectivity index (χ0n) is 7.09. The van der Waals surface area contributed by atoms with Gasteiger partial charge < -0.3 is 9.64 Å². The molecule has 12 heavy (non-hydrogen) atoms. The van der Waals surface area contributed by atoms with E-state index < -0.39 is 17.8 Å².